The molecule has 0 radical (unpaired) electrons. The number of rotatable bonds is 4. The second-order valence-electron chi connectivity index (χ2n) is 8.32. The van der Waals surface area contributed by atoms with Gasteiger partial charge < -0.3 is 9.84 Å². The van der Waals surface area contributed by atoms with Crippen molar-refractivity contribution in [3.05, 3.63) is 71.3 Å². The Labute approximate surface area is 171 Å². The predicted molar refractivity (Wildman–Crippen MR) is 109 cm³/mol. The summed E-state index contributed by atoms with van der Waals surface area (Å²) in [5.41, 5.74) is 2.80. The van der Waals surface area contributed by atoms with E-state index in [2.05, 4.69) is 24.3 Å². The lowest BCUT2D eigenvalue weighted by molar-refractivity contribution is -0.131. The van der Waals surface area contributed by atoms with Crippen molar-refractivity contribution in [2.75, 3.05) is 6.61 Å². The van der Waals surface area contributed by atoms with E-state index in [-0.39, 0.29) is 36.5 Å². The maximum Gasteiger partial charge on any atom is 0.417 e. The molecule has 0 aromatic heterocycles. The van der Waals surface area contributed by atoms with Crippen LogP contribution in [0.4, 0.5) is 4.79 Å². The Bertz CT molecular complexity index is 870. The van der Waals surface area contributed by atoms with Gasteiger partial charge in [-0.3, -0.25) is 4.79 Å². The number of aliphatic hydroxyl groups excluding tert-OH is 1. The van der Waals surface area contributed by atoms with Crippen molar-refractivity contribution in [2.24, 2.45) is 0 Å². The molecule has 0 bridgehead atoms. The van der Waals surface area contributed by atoms with Crippen molar-refractivity contribution in [2.45, 2.75) is 56.6 Å². The summed E-state index contributed by atoms with van der Waals surface area (Å²) in [6.07, 6.45) is 2.11. The van der Waals surface area contributed by atoms with Crippen LogP contribution in [0.1, 0.15) is 54.8 Å². The van der Waals surface area contributed by atoms with Gasteiger partial charge in [0.25, 0.3) is 0 Å². The quantitative estimate of drug-likeness (QED) is 0.842. The monoisotopic (exact) mass is 393 g/mol. The fourth-order valence-corrected chi connectivity index (χ4v) is 4.62. The number of benzene rings is 2. The minimum Gasteiger partial charge on any atom is -0.446 e. The Morgan fingerprint density at radius 1 is 1.10 bits per heavy atom. The molecule has 2 aromatic rings. The Kier molecular flexibility index (Phi) is 5.41. The van der Waals surface area contributed by atoms with E-state index < -0.39 is 6.09 Å². The van der Waals surface area contributed by atoms with Gasteiger partial charge in [-0.05, 0) is 43.7 Å². The summed E-state index contributed by atoms with van der Waals surface area (Å²) >= 11 is 0. The third kappa shape index (κ3) is 3.92. The minimum atomic E-state index is -0.571. The summed E-state index contributed by atoms with van der Waals surface area (Å²) in [7, 11) is 0. The highest BCUT2D eigenvalue weighted by Crippen LogP contribution is 2.43. The number of carbonyl (C=O) groups excluding carboxylic acids is 2. The van der Waals surface area contributed by atoms with Crippen LogP contribution in [0.3, 0.4) is 0 Å². The first-order valence-electron chi connectivity index (χ1n) is 10.3. The van der Waals surface area contributed by atoms with Crippen LogP contribution in [0.25, 0.3) is 0 Å². The molecule has 1 saturated heterocycles. The van der Waals surface area contributed by atoms with Crippen LogP contribution < -0.4 is 0 Å². The van der Waals surface area contributed by atoms with Gasteiger partial charge in [0.2, 0.25) is 5.91 Å². The van der Waals surface area contributed by atoms with E-state index in [0.29, 0.717) is 12.8 Å². The number of amides is 2. The summed E-state index contributed by atoms with van der Waals surface area (Å²) in [4.78, 5) is 27.1. The molecule has 2 aliphatic rings. The third-order valence-electron chi connectivity index (χ3n) is 6.39. The fraction of sp³-hybridized carbons (Fsp3) is 0.417. The highest BCUT2D eigenvalue weighted by molar-refractivity contribution is 5.94. The van der Waals surface area contributed by atoms with Gasteiger partial charge in [0.1, 0.15) is 12.6 Å². The molecule has 5 heteroatoms. The zero-order chi connectivity index (χ0) is 20.4. The van der Waals surface area contributed by atoms with Crippen LogP contribution >= 0.6 is 0 Å². The SMILES string of the molecule is Cc1ccc([C@]2(CC(=O)N3C(=O)OC[C@@H]3c3ccccc3)CC[C@H](O)CC2)cc1. The number of hydrogen-bond donors (Lipinski definition) is 1. The first kappa shape index (κ1) is 19.6. The smallest absolute Gasteiger partial charge is 0.417 e. The molecule has 1 aliphatic heterocycles. The van der Waals surface area contributed by atoms with Gasteiger partial charge in [0, 0.05) is 11.8 Å². The summed E-state index contributed by atoms with van der Waals surface area (Å²) < 4.78 is 5.24. The topological polar surface area (TPSA) is 66.8 Å². The van der Waals surface area contributed by atoms with E-state index in [1.807, 2.05) is 37.3 Å². The van der Waals surface area contributed by atoms with Crippen molar-refractivity contribution in [3.63, 3.8) is 0 Å². The van der Waals surface area contributed by atoms with Gasteiger partial charge in [0.15, 0.2) is 0 Å². The summed E-state index contributed by atoms with van der Waals surface area (Å²) in [6, 6.07) is 17.4. The van der Waals surface area contributed by atoms with Crippen LogP contribution in [0, 0.1) is 6.92 Å². The molecule has 1 atom stereocenters. The van der Waals surface area contributed by atoms with E-state index >= 15 is 0 Å². The van der Waals surface area contributed by atoms with E-state index in [1.54, 1.807) is 0 Å². The maximum atomic E-state index is 13.4. The van der Waals surface area contributed by atoms with Gasteiger partial charge >= 0.3 is 6.09 Å². The van der Waals surface area contributed by atoms with Crippen LogP contribution in [-0.4, -0.2) is 34.7 Å². The molecule has 1 saturated carbocycles. The lowest BCUT2D eigenvalue weighted by Gasteiger charge is -2.40. The standard InChI is InChI=1S/C24H27NO4/c1-17-7-9-19(10-8-17)24(13-11-20(26)12-14-24)15-22(27)25-21(16-29-23(25)28)18-5-3-2-4-6-18/h2-10,20-21,26H,11-16H2,1H3/t20-,21-,24+/m1/s1. The van der Waals surface area contributed by atoms with Crippen molar-refractivity contribution < 1.29 is 19.4 Å². The molecule has 0 unspecified atom stereocenters. The zero-order valence-corrected chi connectivity index (χ0v) is 16.7. The average Bonchev–Trinajstić information content (AvgIpc) is 3.13. The molecular weight excluding hydrogens is 366 g/mol. The molecule has 2 fully saturated rings. The fourth-order valence-electron chi connectivity index (χ4n) is 4.62. The largest absolute Gasteiger partial charge is 0.446 e. The summed E-state index contributed by atoms with van der Waals surface area (Å²) in [5.74, 6) is -0.210. The van der Waals surface area contributed by atoms with Crippen molar-refractivity contribution >= 4 is 12.0 Å². The van der Waals surface area contributed by atoms with E-state index in [4.69, 9.17) is 4.74 Å². The first-order valence-corrected chi connectivity index (χ1v) is 10.3. The third-order valence-corrected chi connectivity index (χ3v) is 6.39. The van der Waals surface area contributed by atoms with Gasteiger partial charge in [-0.15, -0.1) is 0 Å². The normalized spacial score (nSPS) is 27.0. The van der Waals surface area contributed by atoms with E-state index in [9.17, 15) is 14.7 Å². The molecule has 1 N–H and O–H groups in total. The Hall–Kier alpha value is -2.66. The van der Waals surface area contributed by atoms with Crippen LogP contribution in [0.2, 0.25) is 0 Å². The van der Waals surface area contributed by atoms with Gasteiger partial charge in [-0.1, -0.05) is 60.2 Å². The molecule has 1 aliphatic carbocycles. The summed E-state index contributed by atoms with van der Waals surface area (Å²) in [6.45, 7) is 2.22. The average molecular weight is 393 g/mol. The van der Waals surface area contributed by atoms with E-state index in [1.165, 1.54) is 10.5 Å². The number of cyclic esters (lactones) is 1. The van der Waals surface area contributed by atoms with Crippen molar-refractivity contribution in [1.82, 2.24) is 4.90 Å². The molecule has 2 aromatic carbocycles. The molecule has 0 spiro atoms. The van der Waals surface area contributed by atoms with Crippen molar-refractivity contribution in [3.8, 4) is 0 Å². The first-order chi connectivity index (χ1) is 14.0. The predicted octanol–water partition coefficient (Wildman–Crippen LogP) is 4.28. The molecule has 2 amide bonds. The molecule has 152 valence electrons. The van der Waals surface area contributed by atoms with Crippen molar-refractivity contribution in [1.29, 1.82) is 0 Å². The lowest BCUT2D eigenvalue weighted by Crippen LogP contribution is -2.42. The van der Waals surface area contributed by atoms with E-state index in [0.717, 1.165) is 24.0 Å². The number of aliphatic hydroxyl groups is 1. The molecule has 4 rings (SSSR count). The highest BCUT2D eigenvalue weighted by Gasteiger charge is 2.44. The van der Waals surface area contributed by atoms with Crippen LogP contribution in [0.15, 0.2) is 54.6 Å². The number of aryl methyl sites for hydroxylation is 1. The van der Waals surface area contributed by atoms with Crippen LogP contribution in [0.5, 0.6) is 0 Å². The van der Waals surface area contributed by atoms with Gasteiger partial charge in [0.05, 0.1) is 6.10 Å². The Morgan fingerprint density at radius 2 is 1.76 bits per heavy atom. The highest BCUT2D eigenvalue weighted by atomic mass is 16.6. The zero-order valence-electron chi connectivity index (χ0n) is 16.7. The lowest BCUT2D eigenvalue weighted by atomic mass is 9.66. The second kappa shape index (κ2) is 7.99. The van der Waals surface area contributed by atoms with Gasteiger partial charge in [-0.2, -0.15) is 0 Å². The molecule has 5 nitrogen and oxygen atoms in total. The maximum absolute atomic E-state index is 13.4. The second-order valence-corrected chi connectivity index (χ2v) is 8.32. The number of hydrogen-bond acceptors (Lipinski definition) is 4. The Morgan fingerprint density at radius 3 is 2.41 bits per heavy atom. The molecule has 1 heterocycles. The number of imide groups is 1. The Balaban J connectivity index is 1.62. The minimum absolute atomic E-state index is 0.185. The molecular formula is C24H27NO4. The summed E-state index contributed by atoms with van der Waals surface area (Å²) in [5, 5.41) is 10.0. The number of carbonyl (C=O) groups is 2. The molecule has 29 heavy (non-hydrogen) atoms. The number of nitrogens with zero attached hydrogens (tertiary/aromatic N) is 1. The van der Waals surface area contributed by atoms with Gasteiger partial charge in [-0.25, -0.2) is 9.69 Å². The number of ether oxygens (including phenoxy) is 1. The van der Waals surface area contributed by atoms with Crippen LogP contribution in [-0.2, 0) is 14.9 Å².